The standard InChI is InChI=1S/C9H6BrNO3/c10-4-7(13)9-11-6-2-1-5(12)3-8(6)14-9/h1-3,12H,4H2. The van der Waals surface area contributed by atoms with Crippen LogP contribution in [0.1, 0.15) is 10.7 Å². The summed E-state index contributed by atoms with van der Waals surface area (Å²) in [6, 6.07) is 4.51. The SMILES string of the molecule is O=C(CBr)c1nc2ccc(O)cc2o1. The van der Waals surface area contributed by atoms with Crippen molar-refractivity contribution in [2.75, 3.05) is 5.33 Å². The third-order valence-corrected chi connectivity index (χ3v) is 2.24. The molecular formula is C9H6BrNO3. The summed E-state index contributed by atoms with van der Waals surface area (Å²) in [7, 11) is 0. The van der Waals surface area contributed by atoms with Gasteiger partial charge in [-0.25, -0.2) is 4.98 Å². The minimum absolute atomic E-state index is 0.0578. The van der Waals surface area contributed by atoms with Crippen molar-refractivity contribution >= 4 is 32.8 Å². The van der Waals surface area contributed by atoms with Crippen LogP contribution in [0.25, 0.3) is 11.1 Å². The largest absolute Gasteiger partial charge is 0.508 e. The quantitative estimate of drug-likeness (QED) is 0.660. The van der Waals surface area contributed by atoms with Crippen LogP contribution in [0, 0.1) is 0 Å². The first-order chi connectivity index (χ1) is 6.70. The van der Waals surface area contributed by atoms with Crippen molar-refractivity contribution in [3.05, 3.63) is 24.1 Å². The Morgan fingerprint density at radius 3 is 3.07 bits per heavy atom. The van der Waals surface area contributed by atoms with Crippen molar-refractivity contribution in [2.45, 2.75) is 0 Å². The number of carbonyl (C=O) groups excluding carboxylic acids is 1. The number of nitrogens with zero attached hydrogens (tertiary/aromatic N) is 1. The van der Waals surface area contributed by atoms with Gasteiger partial charge in [0.15, 0.2) is 5.58 Å². The summed E-state index contributed by atoms with van der Waals surface area (Å²) in [5.74, 6) is -0.0744. The number of alkyl halides is 1. The Morgan fingerprint density at radius 1 is 1.57 bits per heavy atom. The number of aromatic hydroxyl groups is 1. The number of Topliss-reactive ketones (excluding diaryl/α,β-unsaturated/α-hetero) is 1. The number of carbonyl (C=O) groups is 1. The first kappa shape index (κ1) is 9.21. The molecule has 0 radical (unpaired) electrons. The smallest absolute Gasteiger partial charge is 0.265 e. The summed E-state index contributed by atoms with van der Waals surface area (Å²) >= 11 is 3.02. The van der Waals surface area contributed by atoms with Crippen molar-refractivity contribution in [3.63, 3.8) is 0 Å². The van der Waals surface area contributed by atoms with Crippen LogP contribution in [-0.2, 0) is 0 Å². The van der Waals surface area contributed by atoms with E-state index >= 15 is 0 Å². The van der Waals surface area contributed by atoms with E-state index in [1.807, 2.05) is 0 Å². The fourth-order valence-corrected chi connectivity index (χ4v) is 1.33. The summed E-state index contributed by atoms with van der Waals surface area (Å²) in [6.45, 7) is 0. The fraction of sp³-hybridized carbons (Fsp3) is 0.111. The van der Waals surface area contributed by atoms with Gasteiger partial charge in [0.25, 0.3) is 5.89 Å². The molecule has 0 aliphatic rings. The number of ketones is 1. The fourth-order valence-electron chi connectivity index (χ4n) is 1.09. The number of phenols is 1. The van der Waals surface area contributed by atoms with Crippen LogP contribution in [-0.4, -0.2) is 21.2 Å². The van der Waals surface area contributed by atoms with Crippen LogP contribution in [0.15, 0.2) is 22.6 Å². The lowest BCUT2D eigenvalue weighted by Gasteiger charge is -1.87. The minimum Gasteiger partial charge on any atom is -0.508 e. The Labute approximate surface area is 87.7 Å². The lowest BCUT2D eigenvalue weighted by atomic mass is 10.3. The minimum atomic E-state index is -0.222. The molecule has 0 aliphatic heterocycles. The van der Waals surface area contributed by atoms with Crippen LogP contribution < -0.4 is 0 Å². The van der Waals surface area contributed by atoms with Crippen LogP contribution in [0.2, 0.25) is 0 Å². The molecule has 14 heavy (non-hydrogen) atoms. The predicted octanol–water partition coefficient (Wildman–Crippen LogP) is 2.11. The molecule has 0 atom stereocenters. The molecule has 1 heterocycles. The number of halogens is 1. The number of hydrogen-bond acceptors (Lipinski definition) is 4. The molecule has 0 saturated heterocycles. The normalized spacial score (nSPS) is 10.6. The van der Waals surface area contributed by atoms with Crippen LogP contribution in [0.4, 0.5) is 0 Å². The lowest BCUT2D eigenvalue weighted by Crippen LogP contribution is -1.99. The lowest BCUT2D eigenvalue weighted by molar-refractivity contribution is 0.0989. The molecule has 2 rings (SSSR count). The number of oxazole rings is 1. The first-order valence-corrected chi connectivity index (χ1v) is 5.01. The van der Waals surface area contributed by atoms with E-state index in [0.29, 0.717) is 11.1 Å². The molecule has 0 aliphatic carbocycles. The summed E-state index contributed by atoms with van der Waals surface area (Å²) in [6.07, 6.45) is 0. The average molecular weight is 256 g/mol. The van der Waals surface area contributed by atoms with Gasteiger partial charge in [-0.2, -0.15) is 0 Å². The van der Waals surface area contributed by atoms with Crippen molar-refractivity contribution < 1.29 is 14.3 Å². The zero-order valence-corrected chi connectivity index (χ0v) is 8.61. The average Bonchev–Trinajstić information content (AvgIpc) is 2.59. The molecule has 0 saturated carbocycles. The third-order valence-electron chi connectivity index (χ3n) is 1.73. The van der Waals surface area contributed by atoms with Gasteiger partial charge < -0.3 is 9.52 Å². The number of phenolic OH excluding ortho intramolecular Hbond substituents is 1. The molecule has 0 spiro atoms. The van der Waals surface area contributed by atoms with Gasteiger partial charge in [-0.1, -0.05) is 15.9 Å². The van der Waals surface area contributed by atoms with Gasteiger partial charge in [-0.05, 0) is 12.1 Å². The molecule has 0 amide bonds. The Morgan fingerprint density at radius 2 is 2.36 bits per heavy atom. The van der Waals surface area contributed by atoms with E-state index < -0.39 is 0 Å². The Balaban J connectivity index is 2.56. The van der Waals surface area contributed by atoms with Gasteiger partial charge in [0, 0.05) is 6.07 Å². The van der Waals surface area contributed by atoms with E-state index in [0.717, 1.165) is 0 Å². The van der Waals surface area contributed by atoms with Gasteiger partial charge in [0.1, 0.15) is 11.3 Å². The topological polar surface area (TPSA) is 63.3 Å². The molecule has 0 fully saturated rings. The predicted molar refractivity (Wildman–Crippen MR) is 53.8 cm³/mol. The Kier molecular flexibility index (Phi) is 2.25. The zero-order chi connectivity index (χ0) is 10.1. The highest BCUT2D eigenvalue weighted by Gasteiger charge is 2.12. The highest BCUT2D eigenvalue weighted by Crippen LogP contribution is 2.20. The number of benzene rings is 1. The van der Waals surface area contributed by atoms with Gasteiger partial charge in [-0.15, -0.1) is 0 Å². The van der Waals surface area contributed by atoms with Crippen molar-refractivity contribution in [2.24, 2.45) is 0 Å². The van der Waals surface area contributed by atoms with Crippen LogP contribution in [0.5, 0.6) is 5.75 Å². The molecular weight excluding hydrogens is 250 g/mol. The van der Waals surface area contributed by atoms with E-state index in [9.17, 15) is 4.79 Å². The van der Waals surface area contributed by atoms with Gasteiger partial charge >= 0.3 is 0 Å². The monoisotopic (exact) mass is 255 g/mol. The van der Waals surface area contributed by atoms with Gasteiger partial charge in [-0.3, -0.25) is 4.79 Å². The molecule has 1 N–H and O–H groups in total. The second-order valence-corrected chi connectivity index (χ2v) is 3.29. The molecule has 1 aromatic carbocycles. The summed E-state index contributed by atoms with van der Waals surface area (Å²) in [5, 5.41) is 9.33. The number of aromatic nitrogens is 1. The maximum atomic E-state index is 11.2. The number of hydrogen-bond donors (Lipinski definition) is 1. The van der Waals surface area contributed by atoms with Crippen molar-refractivity contribution in [3.8, 4) is 5.75 Å². The second kappa shape index (κ2) is 3.42. The highest BCUT2D eigenvalue weighted by atomic mass is 79.9. The maximum Gasteiger partial charge on any atom is 0.265 e. The third kappa shape index (κ3) is 1.50. The van der Waals surface area contributed by atoms with Gasteiger partial charge in [0.05, 0.1) is 5.33 Å². The molecule has 1 aromatic heterocycles. The molecule has 5 heteroatoms. The van der Waals surface area contributed by atoms with E-state index in [1.54, 1.807) is 6.07 Å². The summed E-state index contributed by atoms with van der Waals surface area (Å²) < 4.78 is 5.15. The number of rotatable bonds is 2. The van der Waals surface area contributed by atoms with E-state index in [4.69, 9.17) is 9.52 Å². The molecule has 4 nitrogen and oxygen atoms in total. The maximum absolute atomic E-state index is 11.2. The zero-order valence-electron chi connectivity index (χ0n) is 7.03. The van der Waals surface area contributed by atoms with E-state index in [1.165, 1.54) is 12.1 Å². The highest BCUT2D eigenvalue weighted by molar-refractivity contribution is 9.09. The Hall–Kier alpha value is -1.36. The van der Waals surface area contributed by atoms with E-state index in [-0.39, 0.29) is 22.8 Å². The Bertz CT molecular complexity index is 492. The summed E-state index contributed by atoms with van der Waals surface area (Å²) in [4.78, 5) is 15.2. The number of fused-ring (bicyclic) bond motifs is 1. The van der Waals surface area contributed by atoms with E-state index in [2.05, 4.69) is 20.9 Å². The molecule has 0 unspecified atom stereocenters. The van der Waals surface area contributed by atoms with Crippen molar-refractivity contribution in [1.82, 2.24) is 4.98 Å². The van der Waals surface area contributed by atoms with Crippen molar-refractivity contribution in [1.29, 1.82) is 0 Å². The van der Waals surface area contributed by atoms with Crippen LogP contribution >= 0.6 is 15.9 Å². The first-order valence-electron chi connectivity index (χ1n) is 3.89. The molecule has 72 valence electrons. The van der Waals surface area contributed by atoms with Gasteiger partial charge in [0.2, 0.25) is 5.78 Å². The summed E-state index contributed by atoms with van der Waals surface area (Å²) in [5.41, 5.74) is 0.974. The second-order valence-electron chi connectivity index (χ2n) is 2.73. The van der Waals surface area contributed by atoms with Crippen LogP contribution in [0.3, 0.4) is 0 Å². The molecule has 0 bridgehead atoms. The molecule has 2 aromatic rings.